The van der Waals surface area contributed by atoms with E-state index in [2.05, 4.69) is 0 Å². The number of nitrogens with zero attached hydrogens (tertiary/aromatic N) is 2. The van der Waals surface area contributed by atoms with E-state index >= 15 is 0 Å². The first-order chi connectivity index (χ1) is 8.30. The number of hydrogen-bond donors (Lipinski definition) is 2. The van der Waals surface area contributed by atoms with Gasteiger partial charge >= 0.3 is 5.97 Å². The van der Waals surface area contributed by atoms with Crippen LogP contribution in [0.2, 0.25) is 0 Å². The number of hydrogen-bond acceptors (Lipinski definition) is 4. The van der Waals surface area contributed by atoms with Crippen LogP contribution in [0.5, 0.6) is 0 Å². The molecule has 2 atom stereocenters. The van der Waals surface area contributed by atoms with Gasteiger partial charge in [-0.05, 0) is 6.42 Å². The van der Waals surface area contributed by atoms with Gasteiger partial charge in [0.1, 0.15) is 6.04 Å². The fourth-order valence-electron chi connectivity index (χ4n) is 1.94. The zero-order chi connectivity index (χ0) is 13.9. The van der Waals surface area contributed by atoms with Crippen molar-refractivity contribution in [1.29, 1.82) is 0 Å². The van der Waals surface area contributed by atoms with Gasteiger partial charge in [0.2, 0.25) is 0 Å². The zero-order valence-electron chi connectivity index (χ0n) is 10.6. The molecule has 0 aromatic carbocycles. The highest BCUT2D eigenvalue weighted by Crippen LogP contribution is 2.23. The standard InChI is InChI=1S/C10H20N2O5S/c1-3-4-5-11(2)18(16,17)12-7-8(13)6-9(12)10(14)15/h8-9,13H,3-7H2,1-2H3,(H,14,15). The molecule has 1 rings (SSSR count). The third-order valence-electron chi connectivity index (χ3n) is 3.04. The molecule has 18 heavy (non-hydrogen) atoms. The highest BCUT2D eigenvalue weighted by Gasteiger charge is 2.44. The Labute approximate surface area is 107 Å². The van der Waals surface area contributed by atoms with Crippen LogP contribution in [-0.4, -0.2) is 65.5 Å². The van der Waals surface area contributed by atoms with E-state index in [4.69, 9.17) is 5.11 Å². The van der Waals surface area contributed by atoms with Crippen molar-refractivity contribution in [2.45, 2.75) is 38.3 Å². The molecule has 0 bridgehead atoms. The average Bonchev–Trinajstić information content (AvgIpc) is 2.68. The summed E-state index contributed by atoms with van der Waals surface area (Å²) in [6.07, 6.45) is 0.589. The topological polar surface area (TPSA) is 98.2 Å². The van der Waals surface area contributed by atoms with Crippen molar-refractivity contribution in [1.82, 2.24) is 8.61 Å². The van der Waals surface area contributed by atoms with E-state index in [1.54, 1.807) is 0 Å². The second kappa shape index (κ2) is 5.96. The number of aliphatic carboxylic acids is 1. The largest absolute Gasteiger partial charge is 0.480 e. The van der Waals surface area contributed by atoms with Crippen LogP contribution in [-0.2, 0) is 15.0 Å². The SMILES string of the molecule is CCCCN(C)S(=O)(=O)N1CC(O)CC1C(=O)O. The predicted molar refractivity (Wildman–Crippen MR) is 65.2 cm³/mol. The van der Waals surface area contributed by atoms with Crippen molar-refractivity contribution in [2.24, 2.45) is 0 Å². The Bertz CT molecular complexity index is 397. The molecule has 0 saturated carbocycles. The van der Waals surface area contributed by atoms with E-state index in [0.717, 1.165) is 15.0 Å². The maximum absolute atomic E-state index is 12.2. The third kappa shape index (κ3) is 3.19. The fourth-order valence-corrected chi connectivity index (χ4v) is 3.52. The van der Waals surface area contributed by atoms with Gasteiger partial charge in [-0.15, -0.1) is 0 Å². The number of carboxylic acids is 1. The number of aliphatic hydroxyl groups excluding tert-OH is 1. The minimum atomic E-state index is -3.81. The van der Waals surface area contributed by atoms with Crippen LogP contribution in [0.25, 0.3) is 0 Å². The fraction of sp³-hybridized carbons (Fsp3) is 0.900. The van der Waals surface area contributed by atoms with Crippen molar-refractivity contribution in [2.75, 3.05) is 20.1 Å². The smallest absolute Gasteiger partial charge is 0.322 e. The predicted octanol–water partition coefficient (Wildman–Crippen LogP) is -0.517. The normalized spacial score (nSPS) is 25.8. The van der Waals surface area contributed by atoms with E-state index in [1.165, 1.54) is 7.05 Å². The second-order valence-electron chi connectivity index (χ2n) is 4.50. The Balaban J connectivity index is 2.86. The number of unbranched alkanes of at least 4 members (excludes halogenated alkanes) is 1. The van der Waals surface area contributed by atoms with Crippen LogP contribution < -0.4 is 0 Å². The molecule has 8 heteroatoms. The first kappa shape index (κ1) is 15.4. The second-order valence-corrected chi connectivity index (χ2v) is 6.48. The van der Waals surface area contributed by atoms with Gasteiger partial charge in [-0.2, -0.15) is 17.0 Å². The van der Waals surface area contributed by atoms with Crippen molar-refractivity contribution in [3.05, 3.63) is 0 Å². The lowest BCUT2D eigenvalue weighted by Crippen LogP contribution is -2.47. The number of carboxylic acid groups (broad SMARTS) is 1. The maximum Gasteiger partial charge on any atom is 0.322 e. The van der Waals surface area contributed by atoms with E-state index in [-0.39, 0.29) is 13.0 Å². The molecule has 1 saturated heterocycles. The quantitative estimate of drug-likeness (QED) is 0.682. The Morgan fingerprint density at radius 2 is 2.11 bits per heavy atom. The molecule has 0 radical (unpaired) electrons. The highest BCUT2D eigenvalue weighted by atomic mass is 32.2. The summed E-state index contributed by atoms with van der Waals surface area (Å²) in [5.74, 6) is -1.22. The summed E-state index contributed by atoms with van der Waals surface area (Å²) in [5.41, 5.74) is 0. The van der Waals surface area contributed by atoms with Gasteiger partial charge in [-0.3, -0.25) is 4.79 Å². The number of carbonyl (C=O) groups is 1. The summed E-state index contributed by atoms with van der Waals surface area (Å²) in [7, 11) is -2.39. The highest BCUT2D eigenvalue weighted by molar-refractivity contribution is 7.86. The molecule has 7 nitrogen and oxygen atoms in total. The minimum absolute atomic E-state index is 0.0593. The summed E-state index contributed by atoms with van der Waals surface area (Å²) < 4.78 is 26.4. The van der Waals surface area contributed by atoms with Crippen LogP contribution in [0, 0.1) is 0 Å². The Morgan fingerprint density at radius 1 is 1.50 bits per heavy atom. The summed E-state index contributed by atoms with van der Waals surface area (Å²) in [6.45, 7) is 2.13. The summed E-state index contributed by atoms with van der Waals surface area (Å²) in [6, 6.07) is -1.17. The average molecular weight is 280 g/mol. The molecule has 1 heterocycles. The van der Waals surface area contributed by atoms with Gasteiger partial charge in [-0.1, -0.05) is 13.3 Å². The van der Waals surface area contributed by atoms with E-state index < -0.39 is 28.3 Å². The number of rotatable bonds is 6. The Morgan fingerprint density at radius 3 is 2.61 bits per heavy atom. The molecule has 1 aliphatic heterocycles. The molecule has 0 spiro atoms. The number of β-amino-alcohol motifs (C(OH)–C–C–N with tert-alkyl or cyclic N) is 1. The lowest BCUT2D eigenvalue weighted by molar-refractivity contribution is -0.140. The van der Waals surface area contributed by atoms with Gasteiger partial charge in [0.15, 0.2) is 0 Å². The number of aliphatic hydroxyl groups is 1. The van der Waals surface area contributed by atoms with Crippen LogP contribution in [0.15, 0.2) is 0 Å². The Hall–Kier alpha value is -0.700. The summed E-state index contributed by atoms with van der Waals surface area (Å²) in [5, 5.41) is 18.4. The van der Waals surface area contributed by atoms with Gasteiger partial charge in [0.05, 0.1) is 6.10 Å². The van der Waals surface area contributed by atoms with Crippen molar-refractivity contribution >= 4 is 16.2 Å². The molecule has 106 valence electrons. The van der Waals surface area contributed by atoms with Crippen molar-refractivity contribution < 1.29 is 23.4 Å². The van der Waals surface area contributed by atoms with E-state index in [1.807, 2.05) is 6.92 Å². The Kier molecular flexibility index (Phi) is 5.09. The molecule has 0 aromatic heterocycles. The molecular weight excluding hydrogens is 260 g/mol. The van der Waals surface area contributed by atoms with Gasteiger partial charge in [0, 0.05) is 26.6 Å². The summed E-state index contributed by atoms with van der Waals surface area (Å²) in [4.78, 5) is 11.0. The van der Waals surface area contributed by atoms with E-state index in [9.17, 15) is 18.3 Å². The monoisotopic (exact) mass is 280 g/mol. The van der Waals surface area contributed by atoms with Crippen molar-refractivity contribution in [3.63, 3.8) is 0 Å². The summed E-state index contributed by atoms with van der Waals surface area (Å²) >= 11 is 0. The molecule has 1 aliphatic rings. The lowest BCUT2D eigenvalue weighted by atomic mass is 10.2. The van der Waals surface area contributed by atoms with Crippen LogP contribution in [0.4, 0.5) is 0 Å². The molecule has 0 aromatic rings. The van der Waals surface area contributed by atoms with Gasteiger partial charge in [0.25, 0.3) is 10.2 Å². The first-order valence-electron chi connectivity index (χ1n) is 5.94. The maximum atomic E-state index is 12.2. The van der Waals surface area contributed by atoms with Crippen molar-refractivity contribution in [3.8, 4) is 0 Å². The molecule has 0 aliphatic carbocycles. The van der Waals surface area contributed by atoms with Gasteiger partial charge in [-0.25, -0.2) is 0 Å². The molecule has 0 amide bonds. The third-order valence-corrected chi connectivity index (χ3v) is 5.00. The molecule has 2 N–H and O–H groups in total. The first-order valence-corrected chi connectivity index (χ1v) is 7.34. The molecule has 2 unspecified atom stereocenters. The minimum Gasteiger partial charge on any atom is -0.480 e. The van der Waals surface area contributed by atoms with E-state index in [0.29, 0.717) is 13.0 Å². The van der Waals surface area contributed by atoms with Crippen LogP contribution in [0.1, 0.15) is 26.2 Å². The zero-order valence-corrected chi connectivity index (χ0v) is 11.4. The van der Waals surface area contributed by atoms with Crippen LogP contribution >= 0.6 is 0 Å². The van der Waals surface area contributed by atoms with Crippen LogP contribution in [0.3, 0.4) is 0 Å². The van der Waals surface area contributed by atoms with Gasteiger partial charge < -0.3 is 10.2 Å². The molecule has 1 fully saturated rings. The molecular formula is C10H20N2O5S. The lowest BCUT2D eigenvalue weighted by Gasteiger charge is -2.26.